The molecule has 0 rings (SSSR count). The molecule has 0 amide bonds. The monoisotopic (exact) mass is 291 g/mol. The summed E-state index contributed by atoms with van der Waals surface area (Å²) in [6, 6.07) is 0. The third-order valence-corrected chi connectivity index (χ3v) is 3.59. The molecule has 3 nitrogen and oxygen atoms in total. The molecule has 0 aliphatic rings. The first-order valence-electron chi connectivity index (χ1n) is 2.34. The molecule has 1 N–H and O–H groups in total. The molecule has 0 aliphatic carbocycles. The van der Waals surface area contributed by atoms with E-state index in [9.17, 15) is 8.42 Å². The Hall–Kier alpha value is 0.610. The van der Waals surface area contributed by atoms with Crippen molar-refractivity contribution in [3.8, 4) is 0 Å². The van der Waals surface area contributed by atoms with Gasteiger partial charge in [-0.2, -0.15) is 0 Å². The molecule has 0 atom stereocenters. The molecule has 0 aliphatic heterocycles. The Balaban J connectivity index is 3.81. The summed E-state index contributed by atoms with van der Waals surface area (Å²) in [6.07, 6.45) is 0. The zero-order valence-electron chi connectivity index (χ0n) is 5.10. The molecule has 0 aromatic heterocycles. The van der Waals surface area contributed by atoms with Crippen LogP contribution in [0.2, 0.25) is 0 Å². The van der Waals surface area contributed by atoms with E-state index in [1.165, 1.54) is 0 Å². The predicted molar refractivity (Wildman–Crippen MR) is 48.8 cm³/mol. The summed E-state index contributed by atoms with van der Waals surface area (Å²) >= 11 is 5.85. The van der Waals surface area contributed by atoms with Crippen molar-refractivity contribution in [1.82, 2.24) is 4.72 Å². The highest BCUT2D eigenvalue weighted by molar-refractivity contribution is 9.11. The van der Waals surface area contributed by atoms with Crippen LogP contribution >= 0.6 is 31.9 Å². The van der Waals surface area contributed by atoms with E-state index in [4.69, 9.17) is 0 Å². The summed E-state index contributed by atoms with van der Waals surface area (Å²) in [5.41, 5.74) is 0. The standard InChI is InChI=1S/C4H7Br2NO2S/c1-4(6)2-7-10(8,9)3-5/h7H,1-3H2. The SMILES string of the molecule is C=C(Br)CNS(=O)(=O)CBr. The highest BCUT2D eigenvalue weighted by atomic mass is 79.9. The lowest BCUT2D eigenvalue weighted by Crippen LogP contribution is -2.25. The number of halogens is 2. The number of sulfonamides is 1. The molecular weight excluding hydrogens is 286 g/mol. The first-order chi connectivity index (χ1) is 4.48. The molecule has 10 heavy (non-hydrogen) atoms. The van der Waals surface area contributed by atoms with Gasteiger partial charge in [-0.15, -0.1) is 0 Å². The normalized spacial score (nSPS) is 11.4. The lowest BCUT2D eigenvalue weighted by atomic mass is 10.7. The molecule has 0 fully saturated rings. The maximum Gasteiger partial charge on any atom is 0.221 e. The predicted octanol–water partition coefficient (Wildman–Crippen LogP) is 1.17. The molecule has 0 heterocycles. The van der Waals surface area contributed by atoms with Gasteiger partial charge in [0.25, 0.3) is 0 Å². The summed E-state index contributed by atoms with van der Waals surface area (Å²) in [4.78, 5) is 0. The van der Waals surface area contributed by atoms with Crippen molar-refractivity contribution in [2.75, 3.05) is 11.2 Å². The molecule has 0 spiro atoms. The zero-order valence-corrected chi connectivity index (χ0v) is 9.09. The van der Waals surface area contributed by atoms with E-state index in [1.807, 2.05) is 0 Å². The minimum Gasteiger partial charge on any atom is -0.212 e. The van der Waals surface area contributed by atoms with E-state index in [1.54, 1.807) is 0 Å². The second-order valence-electron chi connectivity index (χ2n) is 1.56. The lowest BCUT2D eigenvalue weighted by molar-refractivity contribution is 0.591. The first-order valence-corrected chi connectivity index (χ1v) is 5.91. The molecule has 60 valence electrons. The number of hydrogen-bond acceptors (Lipinski definition) is 2. The highest BCUT2D eigenvalue weighted by Gasteiger charge is 2.05. The Kier molecular flexibility index (Phi) is 4.75. The van der Waals surface area contributed by atoms with E-state index >= 15 is 0 Å². The topological polar surface area (TPSA) is 46.2 Å². The molecule has 0 aromatic rings. The average molecular weight is 293 g/mol. The van der Waals surface area contributed by atoms with Crippen molar-refractivity contribution < 1.29 is 8.42 Å². The highest BCUT2D eigenvalue weighted by Crippen LogP contribution is 1.99. The molecule has 0 saturated heterocycles. The molecule has 0 unspecified atom stereocenters. The van der Waals surface area contributed by atoms with Gasteiger partial charge in [0.2, 0.25) is 10.0 Å². The Bertz CT molecular complexity index is 211. The molecule has 0 bridgehead atoms. The van der Waals surface area contributed by atoms with Crippen LogP contribution in [0.3, 0.4) is 0 Å². The maximum atomic E-state index is 10.7. The van der Waals surface area contributed by atoms with Crippen molar-refractivity contribution in [1.29, 1.82) is 0 Å². The van der Waals surface area contributed by atoms with Gasteiger partial charge in [0.05, 0.1) is 0 Å². The molecule has 6 heteroatoms. The van der Waals surface area contributed by atoms with E-state index in [-0.39, 0.29) is 11.2 Å². The van der Waals surface area contributed by atoms with Crippen LogP contribution in [-0.2, 0) is 10.0 Å². The van der Waals surface area contributed by atoms with Gasteiger partial charge in [-0.3, -0.25) is 0 Å². The fourth-order valence-corrected chi connectivity index (χ4v) is 1.51. The Morgan fingerprint density at radius 1 is 1.60 bits per heavy atom. The minimum absolute atomic E-state index is 0.0831. The zero-order chi connectivity index (χ0) is 8.20. The largest absolute Gasteiger partial charge is 0.221 e. The number of nitrogens with one attached hydrogen (secondary N) is 1. The summed E-state index contributed by atoms with van der Waals surface area (Å²) in [5, 5.41) is 0. The van der Waals surface area contributed by atoms with E-state index in [2.05, 4.69) is 43.2 Å². The third-order valence-electron chi connectivity index (χ3n) is 0.628. The smallest absolute Gasteiger partial charge is 0.212 e. The fraction of sp³-hybridized carbons (Fsp3) is 0.500. The third kappa shape index (κ3) is 5.40. The maximum absolute atomic E-state index is 10.7. The van der Waals surface area contributed by atoms with Crippen LogP contribution < -0.4 is 4.72 Å². The van der Waals surface area contributed by atoms with E-state index in [0.29, 0.717) is 4.48 Å². The van der Waals surface area contributed by atoms with Crippen LogP contribution in [0.25, 0.3) is 0 Å². The van der Waals surface area contributed by atoms with Crippen molar-refractivity contribution in [3.05, 3.63) is 11.1 Å². The minimum atomic E-state index is -3.14. The summed E-state index contributed by atoms with van der Waals surface area (Å²) < 4.78 is 24.2. The second-order valence-corrected chi connectivity index (χ2v) is 5.79. The van der Waals surface area contributed by atoms with Crippen LogP contribution in [0.5, 0.6) is 0 Å². The summed E-state index contributed by atoms with van der Waals surface area (Å²) in [7, 11) is -3.14. The quantitative estimate of drug-likeness (QED) is 0.791. The van der Waals surface area contributed by atoms with Crippen molar-refractivity contribution in [2.24, 2.45) is 0 Å². The van der Waals surface area contributed by atoms with E-state index in [0.717, 1.165) is 0 Å². The van der Waals surface area contributed by atoms with Gasteiger partial charge in [-0.1, -0.05) is 38.4 Å². The molecular formula is C4H7Br2NO2S. The lowest BCUT2D eigenvalue weighted by Gasteiger charge is -2.00. The van der Waals surface area contributed by atoms with Gasteiger partial charge in [0.15, 0.2) is 0 Å². The molecule has 0 radical (unpaired) electrons. The van der Waals surface area contributed by atoms with Gasteiger partial charge in [0.1, 0.15) is 4.66 Å². The van der Waals surface area contributed by atoms with Gasteiger partial charge in [-0.25, -0.2) is 13.1 Å². The van der Waals surface area contributed by atoms with Crippen LogP contribution in [0.1, 0.15) is 0 Å². The summed E-state index contributed by atoms with van der Waals surface area (Å²) in [6.45, 7) is 3.70. The van der Waals surface area contributed by atoms with Crippen LogP contribution in [0.15, 0.2) is 11.1 Å². The number of rotatable bonds is 4. The average Bonchev–Trinajstić information content (AvgIpc) is 1.85. The Morgan fingerprint density at radius 2 is 2.10 bits per heavy atom. The Morgan fingerprint density at radius 3 is 2.40 bits per heavy atom. The number of alkyl halides is 1. The van der Waals surface area contributed by atoms with Gasteiger partial charge in [0, 0.05) is 11.0 Å². The van der Waals surface area contributed by atoms with Crippen LogP contribution in [-0.4, -0.2) is 19.6 Å². The van der Waals surface area contributed by atoms with E-state index < -0.39 is 10.0 Å². The van der Waals surface area contributed by atoms with Crippen LogP contribution in [0, 0.1) is 0 Å². The van der Waals surface area contributed by atoms with Crippen molar-refractivity contribution >= 4 is 41.9 Å². The first kappa shape index (κ1) is 10.6. The Labute approximate surface area is 77.2 Å². The molecule has 0 saturated carbocycles. The van der Waals surface area contributed by atoms with Crippen LogP contribution in [0.4, 0.5) is 0 Å². The van der Waals surface area contributed by atoms with Crippen molar-refractivity contribution in [3.63, 3.8) is 0 Å². The molecule has 0 aromatic carbocycles. The summed E-state index contributed by atoms with van der Waals surface area (Å²) in [5.74, 6) is 0. The number of hydrogen-bond donors (Lipinski definition) is 1. The van der Waals surface area contributed by atoms with Gasteiger partial charge < -0.3 is 0 Å². The fourth-order valence-electron chi connectivity index (χ4n) is 0.227. The second kappa shape index (κ2) is 4.48. The van der Waals surface area contributed by atoms with Gasteiger partial charge >= 0.3 is 0 Å². The van der Waals surface area contributed by atoms with Crippen molar-refractivity contribution in [2.45, 2.75) is 0 Å². The van der Waals surface area contributed by atoms with Gasteiger partial charge in [-0.05, 0) is 0 Å².